The predicted molar refractivity (Wildman–Crippen MR) is 50.2 cm³/mol. The van der Waals surface area contributed by atoms with Gasteiger partial charge in [-0.2, -0.15) is 0 Å². The molecule has 7 heteroatoms. The molecule has 0 amide bonds. The quantitative estimate of drug-likeness (QED) is 0.347. The highest BCUT2D eigenvalue weighted by Gasteiger charge is 2.10. The van der Waals surface area contributed by atoms with Gasteiger partial charge in [-0.05, 0) is 17.6 Å². The predicted octanol–water partition coefficient (Wildman–Crippen LogP) is -1.70. The van der Waals surface area contributed by atoms with Crippen molar-refractivity contribution in [2.75, 3.05) is 4.72 Å². The second-order valence-electron chi connectivity index (χ2n) is 2.37. The Morgan fingerprint density at radius 1 is 1.31 bits per heavy atom. The number of hydrogen-bond acceptors (Lipinski definition) is 4. The summed E-state index contributed by atoms with van der Waals surface area (Å²) in [5.41, 5.74) is 0.545. The minimum atomic E-state index is -2.72. The smallest absolute Gasteiger partial charge is 0.423 e. The number of nitrogens with one attached hydrogen (secondary N) is 1. The van der Waals surface area contributed by atoms with Crippen LogP contribution in [-0.4, -0.2) is 25.6 Å². The van der Waals surface area contributed by atoms with Crippen molar-refractivity contribution in [3.8, 4) is 0 Å². The maximum absolute atomic E-state index is 10.3. The zero-order valence-corrected chi connectivity index (χ0v) is 7.44. The van der Waals surface area contributed by atoms with Gasteiger partial charge in [0, 0.05) is 5.69 Å². The maximum atomic E-state index is 10.3. The molecule has 0 aliphatic rings. The first-order valence-corrected chi connectivity index (χ1v) is 4.64. The van der Waals surface area contributed by atoms with Crippen molar-refractivity contribution < 1.29 is 18.5 Å². The van der Waals surface area contributed by atoms with Gasteiger partial charge in [0.25, 0.3) is 0 Å². The van der Waals surface area contributed by atoms with Gasteiger partial charge in [0.2, 0.25) is 10.9 Å². The summed E-state index contributed by atoms with van der Waals surface area (Å²) in [5.74, 6) is 0. The normalized spacial score (nSPS) is 10.1. The minimum Gasteiger partial charge on any atom is -0.423 e. The molecule has 0 fully saturated rings. The molecular weight excluding hydrogens is 193 g/mol. The lowest BCUT2D eigenvalue weighted by Gasteiger charge is -2.02. The average Bonchev–Trinajstić information content (AvgIpc) is 2.03. The highest BCUT2D eigenvalue weighted by atomic mass is 32.2. The summed E-state index contributed by atoms with van der Waals surface area (Å²) in [6.07, 6.45) is 0. The van der Waals surface area contributed by atoms with Crippen molar-refractivity contribution >= 4 is 29.2 Å². The second-order valence-corrected chi connectivity index (χ2v) is 3.11. The molecule has 0 heterocycles. The van der Waals surface area contributed by atoms with E-state index in [1.54, 1.807) is 0 Å². The Bertz CT molecular complexity index is 357. The molecule has 0 saturated heterocycles. The zero-order chi connectivity index (χ0) is 9.84. The third kappa shape index (κ3) is 3.06. The van der Waals surface area contributed by atoms with Crippen molar-refractivity contribution in [2.45, 2.75) is 0 Å². The largest absolute Gasteiger partial charge is 0.488 e. The molecule has 0 unspecified atom stereocenters. The molecule has 1 aromatic carbocycles. The fourth-order valence-electron chi connectivity index (χ4n) is 0.874. The highest BCUT2D eigenvalue weighted by molar-refractivity contribution is 7.73. The fourth-order valence-corrected chi connectivity index (χ4v) is 1.22. The summed E-state index contributed by atoms with van der Waals surface area (Å²) in [4.78, 5) is 0. The molecule has 1 aromatic rings. The molecule has 5 nitrogen and oxygen atoms in total. The third-order valence-corrected chi connectivity index (χ3v) is 1.85. The number of benzene rings is 1. The lowest BCUT2D eigenvalue weighted by atomic mass is 9.80. The molecule has 0 bridgehead atoms. The zero-order valence-electron chi connectivity index (χ0n) is 6.54. The lowest BCUT2D eigenvalue weighted by Crippen LogP contribution is -2.29. The molecule has 0 saturated carbocycles. The van der Waals surface area contributed by atoms with E-state index in [0.717, 1.165) is 0 Å². The van der Waals surface area contributed by atoms with Crippen molar-refractivity contribution in [2.24, 2.45) is 0 Å². The average molecular weight is 201 g/mol. The van der Waals surface area contributed by atoms with Gasteiger partial charge < -0.3 is 10.0 Å². The SMILES string of the molecule is O=[SH](=O)Nc1cccc(B(O)O)c1. The van der Waals surface area contributed by atoms with Crippen LogP contribution in [0.25, 0.3) is 0 Å². The van der Waals surface area contributed by atoms with E-state index in [4.69, 9.17) is 10.0 Å². The van der Waals surface area contributed by atoms with Gasteiger partial charge in [0.1, 0.15) is 0 Å². The van der Waals surface area contributed by atoms with Crippen LogP contribution in [-0.2, 0) is 10.9 Å². The summed E-state index contributed by atoms with van der Waals surface area (Å²) >= 11 is 0. The lowest BCUT2D eigenvalue weighted by molar-refractivity contribution is 0.426. The van der Waals surface area contributed by atoms with Gasteiger partial charge in [-0.3, -0.25) is 4.72 Å². The van der Waals surface area contributed by atoms with Crippen molar-refractivity contribution in [3.63, 3.8) is 0 Å². The van der Waals surface area contributed by atoms with E-state index >= 15 is 0 Å². The monoisotopic (exact) mass is 201 g/mol. The Labute approximate surface area is 77.3 Å². The van der Waals surface area contributed by atoms with Crippen molar-refractivity contribution in [3.05, 3.63) is 24.3 Å². The molecular formula is C6H8BNO4S. The van der Waals surface area contributed by atoms with Gasteiger partial charge in [0.15, 0.2) is 0 Å². The Morgan fingerprint density at radius 3 is 2.54 bits per heavy atom. The van der Waals surface area contributed by atoms with E-state index in [1.807, 2.05) is 0 Å². The molecule has 0 spiro atoms. The summed E-state index contributed by atoms with van der Waals surface area (Å²) in [5, 5.41) is 17.5. The summed E-state index contributed by atoms with van der Waals surface area (Å²) in [6, 6.07) is 5.86. The van der Waals surface area contributed by atoms with Crippen LogP contribution >= 0.6 is 0 Å². The Hall–Kier alpha value is -1.05. The molecule has 0 aliphatic carbocycles. The molecule has 13 heavy (non-hydrogen) atoms. The van der Waals surface area contributed by atoms with Gasteiger partial charge in [0.05, 0.1) is 0 Å². The molecule has 0 aliphatic heterocycles. The second kappa shape index (κ2) is 4.26. The number of anilines is 1. The van der Waals surface area contributed by atoms with Crippen LogP contribution in [0.2, 0.25) is 0 Å². The topological polar surface area (TPSA) is 86.6 Å². The molecule has 1 rings (SSSR count). The van der Waals surface area contributed by atoms with E-state index in [2.05, 4.69) is 4.72 Å². The van der Waals surface area contributed by atoms with E-state index in [1.165, 1.54) is 24.3 Å². The molecule has 70 valence electrons. The van der Waals surface area contributed by atoms with E-state index in [-0.39, 0.29) is 5.46 Å². The maximum Gasteiger partial charge on any atom is 0.488 e. The van der Waals surface area contributed by atoms with Crippen LogP contribution in [0, 0.1) is 0 Å². The van der Waals surface area contributed by atoms with Gasteiger partial charge in [-0.15, -0.1) is 0 Å². The van der Waals surface area contributed by atoms with Crippen LogP contribution in [0.15, 0.2) is 24.3 Å². The standard InChI is InChI=1S/C6H8BNO4S/c9-7(10)5-2-1-3-6(4-5)8-13(11)12/h1-4,9-10,13H,(H,8,11,12). The van der Waals surface area contributed by atoms with E-state index in [9.17, 15) is 8.42 Å². The Morgan fingerprint density at radius 2 is 2.00 bits per heavy atom. The molecule has 0 radical (unpaired) electrons. The van der Waals surface area contributed by atoms with Crippen LogP contribution in [0.3, 0.4) is 0 Å². The van der Waals surface area contributed by atoms with E-state index < -0.39 is 18.0 Å². The molecule has 3 N–H and O–H groups in total. The van der Waals surface area contributed by atoms with Gasteiger partial charge in [-0.25, -0.2) is 8.42 Å². The molecule has 0 atom stereocenters. The van der Waals surface area contributed by atoms with E-state index in [0.29, 0.717) is 5.69 Å². The van der Waals surface area contributed by atoms with Gasteiger partial charge in [-0.1, -0.05) is 12.1 Å². The van der Waals surface area contributed by atoms with Crippen LogP contribution in [0.4, 0.5) is 5.69 Å². The van der Waals surface area contributed by atoms with Crippen molar-refractivity contribution in [1.29, 1.82) is 0 Å². The van der Waals surface area contributed by atoms with Crippen molar-refractivity contribution in [1.82, 2.24) is 0 Å². The highest BCUT2D eigenvalue weighted by Crippen LogP contribution is 2.02. The first-order valence-electron chi connectivity index (χ1n) is 3.47. The summed E-state index contributed by atoms with van der Waals surface area (Å²) in [6.45, 7) is 0. The number of thiol groups is 1. The van der Waals surface area contributed by atoms with Gasteiger partial charge >= 0.3 is 7.12 Å². The summed E-state index contributed by atoms with van der Waals surface area (Å²) < 4.78 is 22.6. The summed E-state index contributed by atoms with van der Waals surface area (Å²) in [7, 11) is -4.31. The first kappa shape index (κ1) is 10.0. The third-order valence-electron chi connectivity index (χ3n) is 1.41. The van der Waals surface area contributed by atoms with Crippen LogP contribution in [0.5, 0.6) is 0 Å². The van der Waals surface area contributed by atoms with Crippen LogP contribution in [0.1, 0.15) is 0 Å². The fraction of sp³-hybridized carbons (Fsp3) is 0. The first-order chi connectivity index (χ1) is 6.09. The number of hydrogen-bond donors (Lipinski definition) is 4. The van der Waals surface area contributed by atoms with Crippen LogP contribution < -0.4 is 10.2 Å². The minimum absolute atomic E-state index is 0.238. The number of rotatable bonds is 3. The Kier molecular flexibility index (Phi) is 3.29. The Balaban J connectivity index is 2.91. The molecule has 0 aromatic heterocycles.